The molecule has 0 atom stereocenters. The van der Waals surface area contributed by atoms with Gasteiger partial charge in [-0.1, -0.05) is 0 Å². The maximum atomic E-state index is 12.4. The van der Waals surface area contributed by atoms with Crippen molar-refractivity contribution in [3.63, 3.8) is 0 Å². The van der Waals surface area contributed by atoms with Crippen LogP contribution in [0.4, 0.5) is 18.9 Å². The number of aromatic nitrogens is 2. The number of nitrogens with one attached hydrogen (secondary N) is 2. The zero-order valence-electron chi connectivity index (χ0n) is 8.52. The Morgan fingerprint density at radius 1 is 1.38 bits per heavy atom. The number of imidazole rings is 1. The summed E-state index contributed by atoms with van der Waals surface area (Å²) in [5.41, 5.74) is 1.46. The predicted molar refractivity (Wildman–Crippen MR) is 55.3 cm³/mol. The number of hydrogen-bond acceptors (Lipinski definition) is 2. The number of rotatable bonds is 2. The van der Waals surface area contributed by atoms with E-state index in [0.717, 1.165) is 5.69 Å². The van der Waals surface area contributed by atoms with E-state index in [9.17, 15) is 13.2 Å². The van der Waals surface area contributed by atoms with E-state index < -0.39 is 12.0 Å². The fourth-order valence-electron chi connectivity index (χ4n) is 1.46. The van der Waals surface area contributed by atoms with Crippen LogP contribution in [-0.4, -0.2) is 16.5 Å². The summed E-state index contributed by atoms with van der Waals surface area (Å²) in [4.78, 5) is 5.74. The predicted octanol–water partition coefficient (Wildman–Crippen LogP) is 3.01. The molecule has 0 aliphatic heterocycles. The minimum atomic E-state index is -4.43. The molecule has 0 bridgehead atoms. The van der Waals surface area contributed by atoms with Gasteiger partial charge in [0.2, 0.25) is 5.82 Å². The molecule has 0 fully saturated rings. The fourth-order valence-corrected chi connectivity index (χ4v) is 1.46. The van der Waals surface area contributed by atoms with E-state index in [0.29, 0.717) is 17.6 Å². The Balaban J connectivity index is 2.46. The molecule has 2 N–H and O–H groups in total. The van der Waals surface area contributed by atoms with Crippen LogP contribution in [0.1, 0.15) is 12.7 Å². The highest BCUT2D eigenvalue weighted by atomic mass is 19.4. The molecule has 1 heterocycles. The van der Waals surface area contributed by atoms with Crippen molar-refractivity contribution in [3.05, 3.63) is 24.0 Å². The first-order valence-corrected chi connectivity index (χ1v) is 4.81. The standard InChI is InChI=1S/C10H10F3N3/c1-2-14-6-3-4-7-8(5-6)16-9(15-7)10(11,12)13/h3-5,14H,2H2,1H3,(H,15,16). The minimum Gasteiger partial charge on any atom is -0.385 e. The van der Waals surface area contributed by atoms with Crippen LogP contribution in [0.5, 0.6) is 0 Å². The van der Waals surface area contributed by atoms with Crippen LogP contribution in [0.15, 0.2) is 18.2 Å². The molecule has 0 unspecified atom stereocenters. The Bertz CT molecular complexity index is 501. The molecule has 0 radical (unpaired) electrons. The average molecular weight is 229 g/mol. The lowest BCUT2D eigenvalue weighted by atomic mass is 10.3. The highest BCUT2D eigenvalue weighted by molar-refractivity contribution is 5.79. The second kappa shape index (κ2) is 3.70. The van der Waals surface area contributed by atoms with Gasteiger partial charge in [-0.3, -0.25) is 0 Å². The van der Waals surface area contributed by atoms with Crippen LogP contribution in [0.25, 0.3) is 11.0 Å². The van der Waals surface area contributed by atoms with E-state index in [1.165, 1.54) is 0 Å². The van der Waals surface area contributed by atoms with Gasteiger partial charge in [0.05, 0.1) is 11.0 Å². The summed E-state index contributed by atoms with van der Waals surface area (Å²) in [6, 6.07) is 4.87. The molecule has 0 aliphatic rings. The van der Waals surface area contributed by atoms with Crippen LogP contribution in [0.2, 0.25) is 0 Å². The highest BCUT2D eigenvalue weighted by Crippen LogP contribution is 2.29. The van der Waals surface area contributed by atoms with Crippen molar-refractivity contribution in [2.24, 2.45) is 0 Å². The summed E-state index contributed by atoms with van der Waals surface area (Å²) in [6.45, 7) is 2.63. The average Bonchev–Trinajstić information content (AvgIpc) is 2.60. The van der Waals surface area contributed by atoms with Crippen molar-refractivity contribution in [3.8, 4) is 0 Å². The molecule has 1 aromatic carbocycles. The molecule has 16 heavy (non-hydrogen) atoms. The largest absolute Gasteiger partial charge is 0.449 e. The molecule has 86 valence electrons. The number of fused-ring (bicyclic) bond motifs is 1. The van der Waals surface area contributed by atoms with E-state index in [1.54, 1.807) is 18.2 Å². The zero-order valence-corrected chi connectivity index (χ0v) is 8.52. The van der Waals surface area contributed by atoms with Gasteiger partial charge >= 0.3 is 6.18 Å². The first kappa shape index (κ1) is 10.8. The van der Waals surface area contributed by atoms with Crippen LogP contribution >= 0.6 is 0 Å². The fraction of sp³-hybridized carbons (Fsp3) is 0.300. The van der Waals surface area contributed by atoms with Crippen LogP contribution < -0.4 is 5.32 Å². The van der Waals surface area contributed by atoms with Crippen LogP contribution in [0, 0.1) is 0 Å². The van der Waals surface area contributed by atoms with Crippen molar-refractivity contribution in [2.45, 2.75) is 13.1 Å². The molecule has 0 saturated heterocycles. The Hall–Kier alpha value is -1.72. The molecular weight excluding hydrogens is 219 g/mol. The molecular formula is C10H10F3N3. The number of hydrogen-bond donors (Lipinski definition) is 2. The maximum Gasteiger partial charge on any atom is 0.449 e. The Kier molecular flexibility index (Phi) is 2.49. The molecule has 0 amide bonds. The highest BCUT2D eigenvalue weighted by Gasteiger charge is 2.34. The number of anilines is 1. The summed E-state index contributed by atoms with van der Waals surface area (Å²) in [5, 5.41) is 3.02. The summed E-state index contributed by atoms with van der Waals surface area (Å²) < 4.78 is 37.1. The van der Waals surface area contributed by atoms with Crippen molar-refractivity contribution < 1.29 is 13.2 Å². The second-order valence-corrected chi connectivity index (χ2v) is 3.35. The van der Waals surface area contributed by atoms with Gasteiger partial charge in [0, 0.05) is 12.2 Å². The number of benzene rings is 1. The third-order valence-corrected chi connectivity index (χ3v) is 2.13. The Labute approximate surface area is 89.7 Å². The summed E-state index contributed by atoms with van der Waals surface area (Å²) in [6.07, 6.45) is -4.43. The van der Waals surface area contributed by atoms with Crippen molar-refractivity contribution in [1.29, 1.82) is 0 Å². The summed E-state index contributed by atoms with van der Waals surface area (Å²) >= 11 is 0. The summed E-state index contributed by atoms with van der Waals surface area (Å²) in [5.74, 6) is -0.962. The zero-order chi connectivity index (χ0) is 11.8. The van der Waals surface area contributed by atoms with Gasteiger partial charge in [-0.05, 0) is 25.1 Å². The summed E-state index contributed by atoms with van der Waals surface area (Å²) in [7, 11) is 0. The molecule has 0 saturated carbocycles. The lowest BCUT2D eigenvalue weighted by Gasteiger charge is -2.01. The van der Waals surface area contributed by atoms with E-state index in [2.05, 4.69) is 15.3 Å². The lowest BCUT2D eigenvalue weighted by molar-refractivity contribution is -0.144. The molecule has 0 spiro atoms. The monoisotopic (exact) mass is 229 g/mol. The number of alkyl halides is 3. The van der Waals surface area contributed by atoms with Gasteiger partial charge in [-0.15, -0.1) is 0 Å². The van der Waals surface area contributed by atoms with Gasteiger partial charge in [0.15, 0.2) is 0 Å². The Morgan fingerprint density at radius 3 is 2.75 bits per heavy atom. The smallest absolute Gasteiger partial charge is 0.385 e. The quantitative estimate of drug-likeness (QED) is 0.831. The molecule has 3 nitrogen and oxygen atoms in total. The number of aromatic amines is 1. The number of nitrogens with zero attached hydrogens (tertiary/aromatic N) is 1. The lowest BCUT2D eigenvalue weighted by Crippen LogP contribution is -2.06. The van der Waals surface area contributed by atoms with Gasteiger partial charge in [0.1, 0.15) is 0 Å². The topological polar surface area (TPSA) is 40.7 Å². The van der Waals surface area contributed by atoms with Crippen molar-refractivity contribution in [1.82, 2.24) is 9.97 Å². The van der Waals surface area contributed by atoms with Gasteiger partial charge in [-0.25, -0.2) is 4.98 Å². The molecule has 6 heteroatoms. The third kappa shape index (κ3) is 1.95. The Morgan fingerprint density at radius 2 is 2.12 bits per heavy atom. The minimum absolute atomic E-state index is 0.314. The van der Waals surface area contributed by atoms with Crippen LogP contribution in [-0.2, 0) is 6.18 Å². The number of H-pyrrole nitrogens is 1. The van der Waals surface area contributed by atoms with Crippen LogP contribution in [0.3, 0.4) is 0 Å². The molecule has 2 rings (SSSR count). The van der Waals surface area contributed by atoms with E-state index >= 15 is 0 Å². The normalized spacial score (nSPS) is 12.0. The van der Waals surface area contributed by atoms with Crippen molar-refractivity contribution >= 4 is 16.7 Å². The third-order valence-electron chi connectivity index (χ3n) is 2.13. The molecule has 2 aromatic rings. The maximum absolute atomic E-state index is 12.4. The molecule has 0 aliphatic carbocycles. The molecule has 1 aromatic heterocycles. The van der Waals surface area contributed by atoms with Gasteiger partial charge in [0.25, 0.3) is 0 Å². The second-order valence-electron chi connectivity index (χ2n) is 3.35. The van der Waals surface area contributed by atoms with E-state index in [4.69, 9.17) is 0 Å². The van der Waals surface area contributed by atoms with Gasteiger partial charge in [-0.2, -0.15) is 13.2 Å². The first-order chi connectivity index (χ1) is 7.50. The first-order valence-electron chi connectivity index (χ1n) is 4.81. The van der Waals surface area contributed by atoms with E-state index in [1.807, 2.05) is 6.92 Å². The van der Waals surface area contributed by atoms with Crippen molar-refractivity contribution in [2.75, 3.05) is 11.9 Å². The van der Waals surface area contributed by atoms with Gasteiger partial charge < -0.3 is 10.3 Å². The van der Waals surface area contributed by atoms with E-state index in [-0.39, 0.29) is 0 Å². The number of halogens is 3. The SMILES string of the molecule is CCNc1ccc2nc(C(F)(F)F)[nH]c2c1.